The average molecular weight is 355 g/mol. The maximum Gasteiger partial charge on any atom is 0.340 e. The van der Waals surface area contributed by atoms with Crippen LogP contribution in [-0.4, -0.2) is 21.0 Å². The number of hydrogen-bond acceptors (Lipinski definition) is 7. The zero-order valence-electron chi connectivity index (χ0n) is 12.6. The van der Waals surface area contributed by atoms with Crippen molar-refractivity contribution in [1.82, 2.24) is 20.6 Å². The van der Waals surface area contributed by atoms with Gasteiger partial charge in [0.2, 0.25) is 5.82 Å². The summed E-state index contributed by atoms with van der Waals surface area (Å²) in [7, 11) is 0. The second-order valence-corrected chi connectivity index (χ2v) is 6.08. The lowest BCUT2D eigenvalue weighted by Crippen LogP contribution is -2.28. The Balaban J connectivity index is 1.46. The smallest absolute Gasteiger partial charge is 0.313 e. The highest BCUT2D eigenvalue weighted by Gasteiger charge is 2.14. The van der Waals surface area contributed by atoms with Gasteiger partial charge in [0.1, 0.15) is 5.82 Å². The molecule has 0 aliphatic rings. The van der Waals surface area contributed by atoms with E-state index in [9.17, 15) is 9.18 Å². The minimum absolute atomic E-state index is 0.0347. The Morgan fingerprint density at radius 3 is 2.84 bits per heavy atom. The Kier molecular flexibility index (Phi) is 3.82. The molecule has 9 heteroatoms. The van der Waals surface area contributed by atoms with E-state index >= 15 is 0 Å². The minimum atomic E-state index is -0.427. The molecule has 4 aromatic rings. The second-order valence-electron chi connectivity index (χ2n) is 5.00. The molecule has 0 aliphatic carbocycles. The maximum absolute atomic E-state index is 13.7. The van der Waals surface area contributed by atoms with Crippen molar-refractivity contribution in [2.45, 2.75) is 0 Å². The Labute approximate surface area is 144 Å². The number of nitrogens with one attached hydrogen (secondary N) is 2. The van der Waals surface area contributed by atoms with Crippen LogP contribution in [-0.2, 0) is 0 Å². The van der Waals surface area contributed by atoms with Crippen molar-refractivity contribution in [3.63, 3.8) is 0 Å². The molecule has 0 unspecified atom stereocenters. The second kappa shape index (κ2) is 6.29. The van der Waals surface area contributed by atoms with Crippen LogP contribution in [0.15, 0.2) is 53.3 Å². The van der Waals surface area contributed by atoms with E-state index in [-0.39, 0.29) is 11.8 Å². The predicted octanol–water partition coefficient (Wildman–Crippen LogP) is 3.24. The number of fused-ring (bicyclic) bond motifs is 1. The number of hydrogen-bond donors (Lipinski definition) is 2. The van der Waals surface area contributed by atoms with Crippen molar-refractivity contribution in [3.05, 3.63) is 59.5 Å². The summed E-state index contributed by atoms with van der Waals surface area (Å²) in [6.45, 7) is 0. The summed E-state index contributed by atoms with van der Waals surface area (Å²) in [6, 6.07) is 9.72. The van der Waals surface area contributed by atoms with Crippen LogP contribution in [0.1, 0.15) is 9.67 Å². The third kappa shape index (κ3) is 3.04. The van der Waals surface area contributed by atoms with Gasteiger partial charge in [-0.25, -0.2) is 9.82 Å². The first kappa shape index (κ1) is 15.2. The molecule has 0 bridgehead atoms. The van der Waals surface area contributed by atoms with E-state index in [1.807, 2.05) is 0 Å². The predicted molar refractivity (Wildman–Crippen MR) is 90.4 cm³/mol. The van der Waals surface area contributed by atoms with Crippen LogP contribution in [0.5, 0.6) is 0 Å². The third-order valence-corrected chi connectivity index (χ3v) is 4.48. The molecule has 3 heterocycles. The highest BCUT2D eigenvalue weighted by atomic mass is 32.1. The van der Waals surface area contributed by atoms with Crippen molar-refractivity contribution in [1.29, 1.82) is 0 Å². The zero-order chi connectivity index (χ0) is 17.2. The zero-order valence-corrected chi connectivity index (χ0v) is 13.4. The summed E-state index contributed by atoms with van der Waals surface area (Å²) < 4.78 is 19.4. The van der Waals surface area contributed by atoms with Crippen LogP contribution in [0.4, 0.5) is 10.4 Å². The molecule has 1 aromatic carbocycles. The molecule has 3 aromatic heterocycles. The van der Waals surface area contributed by atoms with Crippen molar-refractivity contribution in [2.75, 3.05) is 5.43 Å². The van der Waals surface area contributed by atoms with E-state index in [0.717, 1.165) is 5.56 Å². The van der Waals surface area contributed by atoms with E-state index in [1.165, 1.54) is 23.5 Å². The largest absolute Gasteiger partial charge is 0.340 e. The number of thiophene rings is 1. The maximum atomic E-state index is 13.7. The average Bonchev–Trinajstić information content (AvgIpc) is 3.28. The number of carbonyl (C=O) groups excluding carboxylic acids is 1. The molecule has 25 heavy (non-hydrogen) atoms. The SMILES string of the molecule is O=C(NNc1nc(-c2ccncc2)no1)c1cc2c(F)cccc2s1. The van der Waals surface area contributed by atoms with Crippen LogP contribution < -0.4 is 10.9 Å². The van der Waals surface area contributed by atoms with Crippen LogP contribution in [0, 0.1) is 5.82 Å². The van der Waals surface area contributed by atoms with Gasteiger partial charge in [-0.3, -0.25) is 15.2 Å². The lowest BCUT2D eigenvalue weighted by molar-refractivity contribution is 0.0965. The number of halogens is 1. The van der Waals surface area contributed by atoms with Gasteiger partial charge in [-0.2, -0.15) is 4.98 Å². The molecule has 0 saturated carbocycles. The number of aromatic nitrogens is 3. The molecule has 0 atom stereocenters. The fourth-order valence-electron chi connectivity index (χ4n) is 2.20. The third-order valence-electron chi connectivity index (χ3n) is 3.38. The number of anilines is 1. The quantitative estimate of drug-likeness (QED) is 0.546. The van der Waals surface area contributed by atoms with E-state index in [2.05, 4.69) is 26.0 Å². The molecular weight excluding hydrogens is 345 g/mol. The topological polar surface area (TPSA) is 92.9 Å². The first-order valence-electron chi connectivity index (χ1n) is 7.19. The summed E-state index contributed by atoms with van der Waals surface area (Å²) in [5.74, 6) is -0.424. The molecule has 1 amide bonds. The van der Waals surface area contributed by atoms with Crippen molar-refractivity contribution in [2.24, 2.45) is 0 Å². The van der Waals surface area contributed by atoms with Crippen LogP contribution in [0.2, 0.25) is 0 Å². The van der Waals surface area contributed by atoms with Gasteiger partial charge in [-0.05, 0) is 30.3 Å². The summed E-state index contributed by atoms with van der Waals surface area (Å²) in [4.78, 5) is 20.6. The summed E-state index contributed by atoms with van der Waals surface area (Å²) in [6.07, 6.45) is 3.22. The summed E-state index contributed by atoms with van der Waals surface area (Å²) in [5, 5.41) is 4.22. The number of rotatable bonds is 4. The molecule has 0 radical (unpaired) electrons. The normalized spacial score (nSPS) is 10.8. The number of hydrazine groups is 1. The Bertz CT molecular complexity index is 1050. The molecule has 2 N–H and O–H groups in total. The first-order chi connectivity index (χ1) is 12.2. The molecular formula is C16H10FN5O2S. The Morgan fingerprint density at radius 1 is 1.20 bits per heavy atom. The number of benzene rings is 1. The van der Waals surface area contributed by atoms with Gasteiger partial charge in [0, 0.05) is 28.0 Å². The lowest BCUT2D eigenvalue weighted by Gasteiger charge is -2.01. The van der Waals surface area contributed by atoms with Gasteiger partial charge in [0.25, 0.3) is 5.91 Å². The van der Waals surface area contributed by atoms with Gasteiger partial charge >= 0.3 is 6.01 Å². The Hall–Kier alpha value is -3.33. The van der Waals surface area contributed by atoms with Crippen molar-refractivity contribution < 1.29 is 13.7 Å². The van der Waals surface area contributed by atoms with Gasteiger partial charge in [-0.1, -0.05) is 11.2 Å². The highest BCUT2D eigenvalue weighted by molar-refractivity contribution is 7.20. The van der Waals surface area contributed by atoms with Gasteiger partial charge < -0.3 is 4.52 Å². The lowest BCUT2D eigenvalue weighted by atomic mass is 10.2. The molecule has 0 saturated heterocycles. The number of pyridine rings is 1. The summed E-state index contributed by atoms with van der Waals surface area (Å²) >= 11 is 1.19. The van der Waals surface area contributed by atoms with Gasteiger partial charge in [0.05, 0.1) is 4.88 Å². The van der Waals surface area contributed by atoms with E-state index < -0.39 is 5.91 Å². The van der Waals surface area contributed by atoms with Crippen LogP contribution in [0.25, 0.3) is 21.5 Å². The van der Waals surface area contributed by atoms with Gasteiger partial charge in [0.15, 0.2) is 0 Å². The highest BCUT2D eigenvalue weighted by Crippen LogP contribution is 2.27. The fraction of sp³-hybridized carbons (Fsp3) is 0. The van der Waals surface area contributed by atoms with Crippen LogP contribution in [0.3, 0.4) is 0 Å². The number of nitrogens with zero attached hydrogens (tertiary/aromatic N) is 3. The van der Waals surface area contributed by atoms with E-state index in [1.54, 1.807) is 36.7 Å². The summed E-state index contributed by atoms with van der Waals surface area (Å²) in [5.41, 5.74) is 5.73. The van der Waals surface area contributed by atoms with Crippen LogP contribution >= 0.6 is 11.3 Å². The fourth-order valence-corrected chi connectivity index (χ4v) is 3.17. The molecule has 0 spiro atoms. The van der Waals surface area contributed by atoms with E-state index in [4.69, 9.17) is 4.52 Å². The molecule has 7 nitrogen and oxygen atoms in total. The first-order valence-corrected chi connectivity index (χ1v) is 8.01. The molecule has 124 valence electrons. The Morgan fingerprint density at radius 2 is 2.04 bits per heavy atom. The molecule has 4 rings (SSSR count). The monoisotopic (exact) mass is 355 g/mol. The number of amides is 1. The van der Waals surface area contributed by atoms with Crippen molar-refractivity contribution >= 4 is 33.3 Å². The molecule has 0 fully saturated rings. The van der Waals surface area contributed by atoms with Crippen molar-refractivity contribution in [3.8, 4) is 11.4 Å². The number of carbonyl (C=O) groups is 1. The standard InChI is InChI=1S/C16H10FN5O2S/c17-11-2-1-3-12-10(11)8-13(25-12)15(23)20-21-16-19-14(22-24-16)9-4-6-18-7-5-9/h1-8H,(H,20,23)(H,19,21,22). The minimum Gasteiger partial charge on any atom is -0.313 e. The van der Waals surface area contributed by atoms with Gasteiger partial charge in [-0.15, -0.1) is 11.3 Å². The molecule has 0 aliphatic heterocycles. The van der Waals surface area contributed by atoms with E-state index in [0.29, 0.717) is 20.8 Å².